The predicted octanol–water partition coefficient (Wildman–Crippen LogP) is 1.82. The van der Waals surface area contributed by atoms with Crippen molar-refractivity contribution < 1.29 is 4.74 Å². The molecular formula is C13H17N3O. The van der Waals surface area contributed by atoms with E-state index in [0.29, 0.717) is 0 Å². The number of rotatable bonds is 4. The first-order valence-electron chi connectivity index (χ1n) is 5.55. The summed E-state index contributed by atoms with van der Waals surface area (Å²) in [5.74, 6) is 0.878. The van der Waals surface area contributed by atoms with E-state index in [9.17, 15) is 0 Å². The normalized spacial score (nSPS) is 10.5. The summed E-state index contributed by atoms with van der Waals surface area (Å²) in [6, 6.07) is 6.10. The maximum atomic E-state index is 5.25. The van der Waals surface area contributed by atoms with Crippen molar-refractivity contribution in [1.82, 2.24) is 15.1 Å². The molecule has 0 amide bonds. The molecule has 0 radical (unpaired) electrons. The molecule has 1 N–H and O–H groups in total. The van der Waals surface area contributed by atoms with E-state index in [1.54, 1.807) is 7.11 Å². The summed E-state index contributed by atoms with van der Waals surface area (Å²) < 4.78 is 7.06. The van der Waals surface area contributed by atoms with Gasteiger partial charge in [-0.25, -0.2) is 0 Å². The van der Waals surface area contributed by atoms with Crippen LogP contribution in [-0.2, 0) is 13.6 Å². The fourth-order valence-electron chi connectivity index (χ4n) is 1.88. The third-order valence-corrected chi connectivity index (χ3v) is 2.70. The molecule has 1 aromatic heterocycles. The Morgan fingerprint density at radius 2 is 2.24 bits per heavy atom. The zero-order chi connectivity index (χ0) is 12.3. The molecule has 0 aliphatic heterocycles. The highest BCUT2D eigenvalue weighted by Crippen LogP contribution is 2.26. The quantitative estimate of drug-likeness (QED) is 0.872. The number of hydrogen-bond acceptors (Lipinski definition) is 3. The Kier molecular flexibility index (Phi) is 3.44. The molecule has 2 aromatic rings. The summed E-state index contributed by atoms with van der Waals surface area (Å²) >= 11 is 0. The Hall–Kier alpha value is -1.81. The van der Waals surface area contributed by atoms with Gasteiger partial charge in [0.25, 0.3) is 0 Å². The average molecular weight is 231 g/mol. The Morgan fingerprint density at radius 3 is 2.82 bits per heavy atom. The molecule has 17 heavy (non-hydrogen) atoms. The van der Waals surface area contributed by atoms with Crippen molar-refractivity contribution in [2.75, 3.05) is 14.2 Å². The largest absolute Gasteiger partial charge is 0.497 e. The number of hydrogen-bond donors (Lipinski definition) is 1. The number of benzene rings is 1. The monoisotopic (exact) mass is 231 g/mol. The predicted molar refractivity (Wildman–Crippen MR) is 68.0 cm³/mol. The van der Waals surface area contributed by atoms with Crippen molar-refractivity contribution >= 4 is 0 Å². The molecule has 0 saturated carbocycles. The van der Waals surface area contributed by atoms with E-state index in [4.69, 9.17) is 4.74 Å². The van der Waals surface area contributed by atoms with Gasteiger partial charge in [-0.2, -0.15) is 5.10 Å². The molecule has 4 heteroatoms. The second-order valence-electron chi connectivity index (χ2n) is 3.96. The molecule has 0 bridgehead atoms. The third-order valence-electron chi connectivity index (χ3n) is 2.70. The Bertz CT molecular complexity index is 505. The summed E-state index contributed by atoms with van der Waals surface area (Å²) in [5, 5.41) is 7.37. The van der Waals surface area contributed by atoms with Gasteiger partial charge in [0.15, 0.2) is 0 Å². The molecule has 4 nitrogen and oxygen atoms in total. The molecule has 0 atom stereocenters. The minimum Gasteiger partial charge on any atom is -0.497 e. The van der Waals surface area contributed by atoms with Crippen LogP contribution in [0.25, 0.3) is 11.1 Å². The van der Waals surface area contributed by atoms with Crippen molar-refractivity contribution in [2.24, 2.45) is 7.05 Å². The van der Waals surface area contributed by atoms with Gasteiger partial charge in [0, 0.05) is 25.4 Å². The van der Waals surface area contributed by atoms with Gasteiger partial charge in [-0.3, -0.25) is 4.68 Å². The molecule has 0 saturated heterocycles. The van der Waals surface area contributed by atoms with E-state index in [1.807, 2.05) is 37.2 Å². The molecule has 0 fully saturated rings. The second kappa shape index (κ2) is 5.01. The van der Waals surface area contributed by atoms with Crippen LogP contribution in [0, 0.1) is 0 Å². The van der Waals surface area contributed by atoms with Crippen LogP contribution < -0.4 is 10.1 Å². The maximum absolute atomic E-state index is 5.25. The lowest BCUT2D eigenvalue weighted by molar-refractivity contribution is 0.414. The Balaban J connectivity index is 2.45. The number of methoxy groups -OCH3 is 1. The van der Waals surface area contributed by atoms with E-state index in [-0.39, 0.29) is 0 Å². The standard InChI is InChI=1S/C13H17N3O/c1-14-7-10-6-12(17-3)4-5-13(10)11-8-15-16(2)9-11/h4-6,8-9,14H,7H2,1-3H3. The summed E-state index contributed by atoms with van der Waals surface area (Å²) in [6.45, 7) is 0.807. The molecule has 0 unspecified atom stereocenters. The fourth-order valence-corrected chi connectivity index (χ4v) is 1.88. The fraction of sp³-hybridized carbons (Fsp3) is 0.308. The lowest BCUT2D eigenvalue weighted by Gasteiger charge is -2.09. The van der Waals surface area contributed by atoms with Gasteiger partial charge in [0.2, 0.25) is 0 Å². The number of ether oxygens (including phenoxy) is 1. The number of aryl methyl sites for hydroxylation is 1. The highest BCUT2D eigenvalue weighted by atomic mass is 16.5. The van der Waals surface area contributed by atoms with E-state index >= 15 is 0 Å². The van der Waals surface area contributed by atoms with Crippen molar-refractivity contribution in [3.63, 3.8) is 0 Å². The first kappa shape index (κ1) is 11.7. The minimum atomic E-state index is 0.807. The average Bonchev–Trinajstić information content (AvgIpc) is 2.76. The number of aromatic nitrogens is 2. The van der Waals surface area contributed by atoms with Gasteiger partial charge in [-0.15, -0.1) is 0 Å². The topological polar surface area (TPSA) is 39.1 Å². The lowest BCUT2D eigenvalue weighted by Crippen LogP contribution is -2.06. The SMILES string of the molecule is CNCc1cc(OC)ccc1-c1cnn(C)c1. The van der Waals surface area contributed by atoms with Crippen LogP contribution >= 0.6 is 0 Å². The van der Waals surface area contributed by atoms with Gasteiger partial charge in [0.1, 0.15) is 5.75 Å². The molecule has 2 rings (SSSR count). The van der Waals surface area contributed by atoms with E-state index < -0.39 is 0 Å². The van der Waals surface area contributed by atoms with Crippen LogP contribution in [0.3, 0.4) is 0 Å². The molecule has 1 heterocycles. The smallest absolute Gasteiger partial charge is 0.119 e. The Morgan fingerprint density at radius 1 is 1.41 bits per heavy atom. The van der Waals surface area contributed by atoms with E-state index in [1.165, 1.54) is 11.1 Å². The highest BCUT2D eigenvalue weighted by molar-refractivity contribution is 5.67. The van der Waals surface area contributed by atoms with Crippen LogP contribution in [0.15, 0.2) is 30.6 Å². The zero-order valence-electron chi connectivity index (χ0n) is 10.4. The van der Waals surface area contributed by atoms with Crippen LogP contribution in [0.5, 0.6) is 5.75 Å². The number of nitrogens with one attached hydrogen (secondary N) is 1. The van der Waals surface area contributed by atoms with Gasteiger partial charge in [-0.1, -0.05) is 6.07 Å². The Labute approximate surface area is 101 Å². The van der Waals surface area contributed by atoms with Crippen molar-refractivity contribution in [3.8, 4) is 16.9 Å². The van der Waals surface area contributed by atoms with Crippen LogP contribution in [-0.4, -0.2) is 23.9 Å². The van der Waals surface area contributed by atoms with Gasteiger partial charge < -0.3 is 10.1 Å². The summed E-state index contributed by atoms with van der Waals surface area (Å²) in [5.41, 5.74) is 3.52. The van der Waals surface area contributed by atoms with Crippen LogP contribution in [0.1, 0.15) is 5.56 Å². The zero-order valence-corrected chi connectivity index (χ0v) is 10.4. The van der Waals surface area contributed by atoms with Crippen LogP contribution in [0.2, 0.25) is 0 Å². The summed E-state index contributed by atoms with van der Waals surface area (Å²) in [7, 11) is 5.54. The molecule has 1 aromatic carbocycles. The van der Waals surface area contributed by atoms with Crippen molar-refractivity contribution in [2.45, 2.75) is 6.54 Å². The van der Waals surface area contributed by atoms with Gasteiger partial charge >= 0.3 is 0 Å². The molecular weight excluding hydrogens is 214 g/mol. The minimum absolute atomic E-state index is 0.807. The summed E-state index contributed by atoms with van der Waals surface area (Å²) in [4.78, 5) is 0. The van der Waals surface area contributed by atoms with E-state index in [0.717, 1.165) is 17.9 Å². The van der Waals surface area contributed by atoms with E-state index in [2.05, 4.69) is 22.5 Å². The molecule has 0 spiro atoms. The van der Waals surface area contributed by atoms with Crippen molar-refractivity contribution in [1.29, 1.82) is 0 Å². The van der Waals surface area contributed by atoms with Gasteiger partial charge in [0.05, 0.1) is 13.3 Å². The highest BCUT2D eigenvalue weighted by Gasteiger charge is 2.07. The van der Waals surface area contributed by atoms with Crippen molar-refractivity contribution in [3.05, 3.63) is 36.2 Å². The first-order chi connectivity index (χ1) is 8.24. The maximum Gasteiger partial charge on any atom is 0.119 e. The number of nitrogens with zero attached hydrogens (tertiary/aromatic N) is 2. The molecule has 0 aliphatic carbocycles. The first-order valence-corrected chi connectivity index (χ1v) is 5.55. The van der Waals surface area contributed by atoms with Gasteiger partial charge in [-0.05, 0) is 30.3 Å². The second-order valence-corrected chi connectivity index (χ2v) is 3.96. The molecule has 0 aliphatic rings. The summed E-state index contributed by atoms with van der Waals surface area (Å²) in [6.07, 6.45) is 3.89. The van der Waals surface area contributed by atoms with Crippen LogP contribution in [0.4, 0.5) is 0 Å². The third kappa shape index (κ3) is 2.47. The molecule has 90 valence electrons. The lowest BCUT2D eigenvalue weighted by atomic mass is 10.0.